The average Bonchev–Trinajstić information content (AvgIpc) is 2.36. The maximum absolute atomic E-state index is 11.6. The van der Waals surface area contributed by atoms with Gasteiger partial charge in [0.05, 0.1) is 0 Å². The lowest BCUT2D eigenvalue weighted by Gasteiger charge is -2.19. The van der Waals surface area contributed by atoms with E-state index in [1.807, 2.05) is 7.05 Å². The van der Waals surface area contributed by atoms with Gasteiger partial charge in [0.1, 0.15) is 0 Å². The van der Waals surface area contributed by atoms with Gasteiger partial charge in [0, 0.05) is 19.5 Å². The Hall–Kier alpha value is -1.06. The number of aryl methyl sites for hydroxylation is 1. The third-order valence-corrected chi connectivity index (χ3v) is 3.16. The van der Waals surface area contributed by atoms with Crippen molar-refractivity contribution in [1.29, 1.82) is 0 Å². The van der Waals surface area contributed by atoms with E-state index in [9.17, 15) is 4.79 Å². The number of hydrogen-bond acceptors (Lipinski definition) is 2. The molecule has 0 bridgehead atoms. The number of amides is 1. The molecule has 0 unspecified atom stereocenters. The molecule has 20 heavy (non-hydrogen) atoms. The molecule has 0 atom stereocenters. The molecular weight excluding hydrogens is 272 g/mol. The van der Waals surface area contributed by atoms with Gasteiger partial charge in [-0.25, -0.2) is 0 Å². The number of hydrogen-bond donors (Lipinski definition) is 2. The summed E-state index contributed by atoms with van der Waals surface area (Å²) in [6, 6.07) is 8.57. The van der Waals surface area contributed by atoms with Crippen LogP contribution in [0.4, 0.5) is 0 Å². The zero-order valence-corrected chi connectivity index (χ0v) is 13.8. The molecule has 1 aromatic carbocycles. The number of rotatable bonds is 6. The molecule has 3 nitrogen and oxygen atoms in total. The molecule has 1 rings (SSSR count). The molecule has 4 heteroatoms. The van der Waals surface area contributed by atoms with Gasteiger partial charge in [-0.3, -0.25) is 4.79 Å². The smallest absolute Gasteiger partial charge is 0.220 e. The normalized spacial score (nSPS) is 10.8. The summed E-state index contributed by atoms with van der Waals surface area (Å²) in [7, 11) is 1.88. The predicted molar refractivity (Wildman–Crippen MR) is 87.6 cm³/mol. The fraction of sp³-hybridized carbons (Fsp3) is 0.562. The summed E-state index contributed by atoms with van der Waals surface area (Å²) >= 11 is 0. The molecule has 0 heterocycles. The fourth-order valence-corrected chi connectivity index (χ4v) is 1.84. The third-order valence-electron chi connectivity index (χ3n) is 3.16. The molecule has 0 aliphatic rings. The van der Waals surface area contributed by atoms with E-state index in [1.54, 1.807) is 0 Å². The second kappa shape index (κ2) is 8.98. The Bertz CT molecular complexity index is 396. The Morgan fingerprint density at radius 3 is 2.20 bits per heavy atom. The van der Waals surface area contributed by atoms with Gasteiger partial charge >= 0.3 is 0 Å². The van der Waals surface area contributed by atoms with Crippen molar-refractivity contribution >= 4 is 18.3 Å². The number of carbonyl (C=O) groups excluding carboxylic acids is 1. The molecule has 0 saturated heterocycles. The fourth-order valence-electron chi connectivity index (χ4n) is 1.84. The number of likely N-dealkylation sites (N-methyl/N-ethyl adjacent to an activating group) is 1. The molecule has 0 fully saturated rings. The van der Waals surface area contributed by atoms with E-state index in [1.165, 1.54) is 11.1 Å². The minimum absolute atomic E-state index is 0. The van der Waals surface area contributed by atoms with Gasteiger partial charge in [-0.05, 0) is 30.0 Å². The maximum Gasteiger partial charge on any atom is 0.220 e. The van der Waals surface area contributed by atoms with Crippen LogP contribution in [0.15, 0.2) is 24.3 Å². The van der Waals surface area contributed by atoms with Crippen molar-refractivity contribution in [3.05, 3.63) is 35.4 Å². The van der Waals surface area contributed by atoms with Crippen LogP contribution < -0.4 is 10.6 Å². The van der Waals surface area contributed by atoms with Gasteiger partial charge in [0.15, 0.2) is 0 Å². The Morgan fingerprint density at radius 1 is 1.10 bits per heavy atom. The van der Waals surface area contributed by atoms with E-state index in [0.717, 1.165) is 13.0 Å². The standard InChI is InChI=1S/C16H26N2O.ClH/c1-16(2,3)14-8-5-13(6-9-14)7-10-15(19)18-12-11-17-4;/h5-6,8-9,17H,7,10-12H2,1-4H3,(H,18,19);1H. The van der Waals surface area contributed by atoms with Gasteiger partial charge in [-0.1, -0.05) is 45.0 Å². The van der Waals surface area contributed by atoms with Crippen LogP contribution in [0.1, 0.15) is 38.3 Å². The lowest BCUT2D eigenvalue weighted by atomic mass is 9.86. The first kappa shape index (κ1) is 18.9. The van der Waals surface area contributed by atoms with Gasteiger partial charge in [-0.2, -0.15) is 0 Å². The van der Waals surface area contributed by atoms with Gasteiger partial charge in [0.25, 0.3) is 0 Å². The summed E-state index contributed by atoms with van der Waals surface area (Å²) in [5, 5.41) is 5.89. The number of benzene rings is 1. The summed E-state index contributed by atoms with van der Waals surface area (Å²) in [6.45, 7) is 8.12. The number of halogens is 1. The monoisotopic (exact) mass is 298 g/mol. The van der Waals surface area contributed by atoms with Crippen LogP contribution in [0.25, 0.3) is 0 Å². The first-order valence-electron chi connectivity index (χ1n) is 6.94. The molecule has 0 radical (unpaired) electrons. The summed E-state index contributed by atoms with van der Waals surface area (Å²) in [6.07, 6.45) is 1.36. The largest absolute Gasteiger partial charge is 0.355 e. The van der Waals surface area contributed by atoms with Crippen molar-refractivity contribution in [3.63, 3.8) is 0 Å². The van der Waals surface area contributed by atoms with Crippen LogP contribution >= 0.6 is 12.4 Å². The van der Waals surface area contributed by atoms with Crippen LogP contribution in [0.5, 0.6) is 0 Å². The Morgan fingerprint density at radius 2 is 1.70 bits per heavy atom. The highest BCUT2D eigenvalue weighted by molar-refractivity contribution is 5.85. The number of carbonyl (C=O) groups is 1. The minimum Gasteiger partial charge on any atom is -0.355 e. The van der Waals surface area contributed by atoms with E-state index < -0.39 is 0 Å². The van der Waals surface area contributed by atoms with Crippen LogP contribution in [0.2, 0.25) is 0 Å². The maximum atomic E-state index is 11.6. The Labute approximate surface area is 128 Å². The van der Waals surface area contributed by atoms with E-state index in [0.29, 0.717) is 13.0 Å². The lowest BCUT2D eigenvalue weighted by Crippen LogP contribution is -2.30. The molecule has 0 spiro atoms. The van der Waals surface area contributed by atoms with Gasteiger partial charge in [-0.15, -0.1) is 12.4 Å². The second-order valence-corrected chi connectivity index (χ2v) is 5.90. The van der Waals surface area contributed by atoms with Crippen molar-refractivity contribution in [2.75, 3.05) is 20.1 Å². The van der Waals surface area contributed by atoms with Crippen molar-refractivity contribution < 1.29 is 4.79 Å². The highest BCUT2D eigenvalue weighted by Crippen LogP contribution is 2.22. The molecule has 1 amide bonds. The van der Waals surface area contributed by atoms with Crippen molar-refractivity contribution in [2.45, 2.75) is 39.0 Å². The summed E-state index contributed by atoms with van der Waals surface area (Å²) in [4.78, 5) is 11.6. The first-order valence-corrected chi connectivity index (χ1v) is 6.94. The molecule has 0 saturated carbocycles. The quantitative estimate of drug-likeness (QED) is 0.793. The van der Waals surface area contributed by atoms with Crippen LogP contribution in [0, 0.1) is 0 Å². The summed E-state index contributed by atoms with van der Waals surface area (Å²) < 4.78 is 0. The van der Waals surface area contributed by atoms with Gasteiger partial charge < -0.3 is 10.6 Å². The summed E-state index contributed by atoms with van der Waals surface area (Å²) in [5.41, 5.74) is 2.73. The van der Waals surface area contributed by atoms with E-state index in [2.05, 4.69) is 55.7 Å². The predicted octanol–water partition coefficient (Wildman–Crippen LogP) is 2.67. The van der Waals surface area contributed by atoms with Crippen molar-refractivity contribution in [1.82, 2.24) is 10.6 Å². The van der Waals surface area contributed by atoms with Crippen LogP contribution in [-0.4, -0.2) is 26.0 Å². The molecule has 114 valence electrons. The van der Waals surface area contributed by atoms with Crippen molar-refractivity contribution in [3.8, 4) is 0 Å². The molecule has 2 N–H and O–H groups in total. The lowest BCUT2D eigenvalue weighted by molar-refractivity contribution is -0.121. The Kier molecular flexibility index (Phi) is 8.51. The van der Waals surface area contributed by atoms with Crippen molar-refractivity contribution in [2.24, 2.45) is 0 Å². The zero-order valence-electron chi connectivity index (χ0n) is 13.0. The second-order valence-electron chi connectivity index (χ2n) is 5.90. The summed E-state index contributed by atoms with van der Waals surface area (Å²) in [5.74, 6) is 0.121. The topological polar surface area (TPSA) is 41.1 Å². The molecule has 0 aliphatic heterocycles. The van der Waals surface area contributed by atoms with Crippen LogP contribution in [0.3, 0.4) is 0 Å². The minimum atomic E-state index is 0. The molecule has 0 aromatic heterocycles. The molecule has 1 aromatic rings. The molecular formula is C16H27ClN2O. The molecule has 0 aliphatic carbocycles. The highest BCUT2D eigenvalue weighted by Gasteiger charge is 2.12. The van der Waals surface area contributed by atoms with E-state index in [4.69, 9.17) is 0 Å². The highest BCUT2D eigenvalue weighted by atomic mass is 35.5. The SMILES string of the molecule is CNCCNC(=O)CCc1ccc(C(C)(C)C)cc1.Cl. The first-order chi connectivity index (χ1) is 8.93. The average molecular weight is 299 g/mol. The third kappa shape index (κ3) is 6.92. The zero-order chi connectivity index (χ0) is 14.3. The van der Waals surface area contributed by atoms with Gasteiger partial charge in [0.2, 0.25) is 5.91 Å². The Balaban J connectivity index is 0.00000361. The van der Waals surface area contributed by atoms with Crippen LogP contribution in [-0.2, 0) is 16.6 Å². The number of nitrogens with one attached hydrogen (secondary N) is 2. The van der Waals surface area contributed by atoms with E-state index in [-0.39, 0.29) is 23.7 Å². The van der Waals surface area contributed by atoms with E-state index >= 15 is 0 Å².